The lowest BCUT2D eigenvalue weighted by Crippen LogP contribution is -2.13. The number of nitrogens with one attached hydrogen (secondary N) is 1. The number of hydrogen-bond acceptors (Lipinski definition) is 3. The van der Waals surface area contributed by atoms with E-state index >= 15 is 0 Å². The van der Waals surface area contributed by atoms with Crippen LogP contribution in [0.15, 0.2) is 27.1 Å². The Morgan fingerprint density at radius 2 is 2.11 bits per heavy atom. The number of aromatic nitrogens is 1. The van der Waals surface area contributed by atoms with Crippen molar-refractivity contribution in [2.24, 2.45) is 0 Å². The van der Waals surface area contributed by atoms with Gasteiger partial charge in [-0.05, 0) is 34.1 Å². The van der Waals surface area contributed by atoms with Crippen molar-refractivity contribution in [3.8, 4) is 18.1 Å². The number of fused-ring (bicyclic) bond motifs is 1. The van der Waals surface area contributed by atoms with Gasteiger partial charge in [-0.25, -0.2) is 4.98 Å². The van der Waals surface area contributed by atoms with Crippen molar-refractivity contribution in [2.45, 2.75) is 6.54 Å². The molecule has 2 rings (SSSR count). The number of phenols is 1. The fourth-order valence-corrected chi connectivity index (χ4v) is 2.88. The molecule has 2 N–H and O–H groups in total. The summed E-state index contributed by atoms with van der Waals surface area (Å²) >= 11 is 6.74. The van der Waals surface area contributed by atoms with E-state index in [2.05, 4.69) is 48.1 Å². The summed E-state index contributed by atoms with van der Waals surface area (Å²) in [5.41, 5.74) is 1.40. The van der Waals surface area contributed by atoms with E-state index in [4.69, 9.17) is 6.42 Å². The highest BCUT2D eigenvalue weighted by Crippen LogP contribution is 2.36. The summed E-state index contributed by atoms with van der Waals surface area (Å²) in [6, 6.07) is 5.63. The van der Waals surface area contributed by atoms with Gasteiger partial charge in [-0.1, -0.05) is 21.9 Å². The number of phenolic OH excluding ortho intramolecular Hbond substituents is 1. The SMILES string of the molecule is C#CCNCc1ccc2c(Br)cc(Br)c(O)c2n1. The third-order valence-electron chi connectivity index (χ3n) is 2.45. The minimum atomic E-state index is 0.145. The number of hydrogen-bond donors (Lipinski definition) is 2. The average Bonchev–Trinajstić information content (AvgIpc) is 2.36. The van der Waals surface area contributed by atoms with Gasteiger partial charge in [0.1, 0.15) is 5.52 Å². The highest BCUT2D eigenvalue weighted by molar-refractivity contribution is 9.11. The summed E-state index contributed by atoms with van der Waals surface area (Å²) in [7, 11) is 0. The number of terminal acetylenes is 1. The van der Waals surface area contributed by atoms with Crippen LogP contribution in [0.1, 0.15) is 5.69 Å². The lowest BCUT2D eigenvalue weighted by atomic mass is 10.2. The van der Waals surface area contributed by atoms with Crippen LogP contribution in [0.5, 0.6) is 5.75 Å². The van der Waals surface area contributed by atoms with Gasteiger partial charge in [0.25, 0.3) is 0 Å². The maximum atomic E-state index is 10.00. The van der Waals surface area contributed by atoms with Crippen LogP contribution in [0.25, 0.3) is 10.9 Å². The van der Waals surface area contributed by atoms with Crippen LogP contribution in [-0.4, -0.2) is 16.6 Å². The molecule has 0 spiro atoms. The van der Waals surface area contributed by atoms with Crippen molar-refractivity contribution in [3.05, 3.63) is 32.8 Å². The smallest absolute Gasteiger partial charge is 0.156 e. The third-order valence-corrected chi connectivity index (χ3v) is 3.71. The van der Waals surface area contributed by atoms with Crippen molar-refractivity contribution in [3.63, 3.8) is 0 Å². The van der Waals surface area contributed by atoms with Crippen molar-refractivity contribution >= 4 is 42.8 Å². The predicted molar refractivity (Wildman–Crippen MR) is 79.3 cm³/mol. The quantitative estimate of drug-likeness (QED) is 0.645. The second kappa shape index (κ2) is 5.70. The topological polar surface area (TPSA) is 45.1 Å². The van der Waals surface area contributed by atoms with Gasteiger partial charge in [0.15, 0.2) is 5.75 Å². The van der Waals surface area contributed by atoms with Crippen LogP contribution in [0.2, 0.25) is 0 Å². The Bertz CT molecular complexity index is 635. The molecule has 0 fully saturated rings. The molecule has 0 aliphatic carbocycles. The van der Waals surface area contributed by atoms with Crippen molar-refractivity contribution in [1.29, 1.82) is 0 Å². The standard InChI is InChI=1S/C13H10Br2N2O/c1-2-5-16-7-8-3-4-9-10(14)6-11(15)13(18)12(9)17-8/h1,3-4,6,16,18H,5,7H2. The molecule has 0 unspecified atom stereocenters. The van der Waals surface area contributed by atoms with Gasteiger partial charge in [-0.3, -0.25) is 0 Å². The zero-order chi connectivity index (χ0) is 13.1. The summed E-state index contributed by atoms with van der Waals surface area (Å²) < 4.78 is 1.50. The van der Waals surface area contributed by atoms with Crippen LogP contribution in [-0.2, 0) is 6.54 Å². The van der Waals surface area contributed by atoms with Gasteiger partial charge in [0.05, 0.1) is 16.7 Å². The van der Waals surface area contributed by atoms with Gasteiger partial charge in [0, 0.05) is 16.4 Å². The van der Waals surface area contributed by atoms with Gasteiger partial charge >= 0.3 is 0 Å². The third kappa shape index (κ3) is 2.66. The predicted octanol–water partition coefficient (Wildman–Crippen LogP) is 3.19. The zero-order valence-corrected chi connectivity index (χ0v) is 12.5. The van der Waals surface area contributed by atoms with Crippen LogP contribution in [0.3, 0.4) is 0 Å². The van der Waals surface area contributed by atoms with Crippen LogP contribution < -0.4 is 5.32 Å². The highest BCUT2D eigenvalue weighted by atomic mass is 79.9. The average molecular weight is 370 g/mol. The van der Waals surface area contributed by atoms with E-state index in [1.165, 1.54) is 0 Å². The molecular weight excluding hydrogens is 360 g/mol. The first-order valence-corrected chi connectivity index (χ1v) is 6.83. The second-order valence-electron chi connectivity index (χ2n) is 3.70. The number of pyridine rings is 1. The van der Waals surface area contributed by atoms with E-state index in [1.54, 1.807) is 6.07 Å². The van der Waals surface area contributed by atoms with Crippen molar-refractivity contribution in [1.82, 2.24) is 10.3 Å². The molecule has 5 heteroatoms. The maximum Gasteiger partial charge on any atom is 0.156 e. The molecule has 1 heterocycles. The van der Waals surface area contributed by atoms with Gasteiger partial charge in [0.2, 0.25) is 0 Å². The maximum absolute atomic E-state index is 10.00. The molecule has 0 bridgehead atoms. The fourth-order valence-electron chi connectivity index (χ4n) is 1.60. The first-order chi connectivity index (χ1) is 8.63. The normalized spacial score (nSPS) is 10.5. The Kier molecular flexibility index (Phi) is 4.23. The zero-order valence-electron chi connectivity index (χ0n) is 9.37. The molecular formula is C13H10Br2N2O. The van der Waals surface area contributed by atoms with Crippen molar-refractivity contribution < 1.29 is 5.11 Å². The molecule has 0 amide bonds. The second-order valence-corrected chi connectivity index (χ2v) is 5.40. The summed E-state index contributed by atoms with van der Waals surface area (Å²) in [4.78, 5) is 4.43. The largest absolute Gasteiger partial charge is 0.505 e. The molecule has 0 saturated carbocycles. The number of rotatable bonds is 3. The first-order valence-electron chi connectivity index (χ1n) is 5.24. The van der Waals surface area contributed by atoms with E-state index in [0.29, 0.717) is 23.1 Å². The Morgan fingerprint density at radius 1 is 1.33 bits per heavy atom. The molecule has 1 aromatic carbocycles. The number of halogens is 2. The van der Waals surface area contributed by atoms with Crippen LogP contribution in [0, 0.1) is 12.3 Å². The number of nitrogens with zero attached hydrogens (tertiary/aromatic N) is 1. The molecule has 0 aliphatic heterocycles. The Balaban J connectivity index is 2.44. The molecule has 0 atom stereocenters. The summed E-state index contributed by atoms with van der Waals surface area (Å²) in [6.45, 7) is 1.07. The minimum Gasteiger partial charge on any atom is -0.505 e. The molecule has 18 heavy (non-hydrogen) atoms. The minimum absolute atomic E-state index is 0.145. The van der Waals surface area contributed by atoms with Gasteiger partial charge in [-0.2, -0.15) is 0 Å². The molecule has 2 aromatic rings. The van der Waals surface area contributed by atoms with Crippen LogP contribution >= 0.6 is 31.9 Å². The lowest BCUT2D eigenvalue weighted by molar-refractivity contribution is 0.476. The molecule has 3 nitrogen and oxygen atoms in total. The van der Waals surface area contributed by atoms with Gasteiger partial charge < -0.3 is 10.4 Å². The molecule has 0 aliphatic rings. The Hall–Kier alpha value is -1.09. The van der Waals surface area contributed by atoms with E-state index in [-0.39, 0.29) is 5.75 Å². The van der Waals surface area contributed by atoms with E-state index < -0.39 is 0 Å². The molecule has 92 valence electrons. The number of benzene rings is 1. The van der Waals surface area contributed by atoms with E-state index in [1.807, 2.05) is 12.1 Å². The summed E-state index contributed by atoms with van der Waals surface area (Å²) in [5.74, 6) is 2.65. The Morgan fingerprint density at radius 3 is 2.83 bits per heavy atom. The van der Waals surface area contributed by atoms with E-state index in [9.17, 15) is 5.11 Å². The fraction of sp³-hybridized carbons (Fsp3) is 0.154. The Labute approximate surface area is 122 Å². The lowest BCUT2D eigenvalue weighted by Gasteiger charge is -2.07. The van der Waals surface area contributed by atoms with E-state index in [0.717, 1.165) is 15.6 Å². The van der Waals surface area contributed by atoms with Crippen LogP contribution in [0.4, 0.5) is 0 Å². The number of aromatic hydroxyl groups is 1. The highest BCUT2D eigenvalue weighted by Gasteiger charge is 2.10. The molecule has 0 saturated heterocycles. The van der Waals surface area contributed by atoms with Gasteiger partial charge in [-0.15, -0.1) is 6.42 Å². The molecule has 0 radical (unpaired) electrons. The summed E-state index contributed by atoms with van der Waals surface area (Å²) in [5, 5.41) is 13.9. The summed E-state index contributed by atoms with van der Waals surface area (Å²) in [6.07, 6.45) is 5.16. The monoisotopic (exact) mass is 368 g/mol. The van der Waals surface area contributed by atoms with Crippen molar-refractivity contribution in [2.75, 3.05) is 6.54 Å². The molecule has 1 aromatic heterocycles. The first kappa shape index (κ1) is 13.3.